The molecule has 4 rings (SSSR count). The molecule has 0 saturated heterocycles. The van der Waals surface area contributed by atoms with Crippen molar-refractivity contribution in [1.82, 2.24) is 15.5 Å². The van der Waals surface area contributed by atoms with E-state index in [2.05, 4.69) is 15.5 Å². The highest BCUT2D eigenvalue weighted by Crippen LogP contribution is 2.44. The van der Waals surface area contributed by atoms with Crippen LogP contribution in [0.1, 0.15) is 25.7 Å². The average Bonchev–Trinajstić information content (AvgIpc) is 3.27. The first-order chi connectivity index (χ1) is 10.8. The minimum absolute atomic E-state index is 0.0419. The zero-order valence-corrected chi connectivity index (χ0v) is 12.8. The normalized spacial score (nSPS) is 26.5. The van der Waals surface area contributed by atoms with Gasteiger partial charge in [0.05, 0.1) is 12.0 Å². The third-order valence-corrected chi connectivity index (χ3v) is 5.37. The maximum atomic E-state index is 12.0. The number of furan rings is 1. The molecule has 2 aromatic rings. The molecule has 2 aliphatic carbocycles. The molecular weight excluding hydrogens is 302 g/mol. The number of fused-ring (bicyclic) bond motifs is 2. The van der Waals surface area contributed by atoms with Crippen LogP contribution >= 0.6 is 11.8 Å². The second kappa shape index (κ2) is 5.79. The molecule has 0 unspecified atom stereocenters. The Labute approximate surface area is 132 Å². The van der Waals surface area contributed by atoms with Crippen molar-refractivity contribution in [3.8, 4) is 11.7 Å². The SMILES string of the molecule is O=C(CSc1nnc(-c2ccco2)o1)N[C@@H]1C[C@@H]2CC[C@@H]1C2. The van der Waals surface area contributed by atoms with Crippen LogP contribution in [0.2, 0.25) is 0 Å². The lowest BCUT2D eigenvalue weighted by molar-refractivity contribution is -0.119. The second-order valence-electron chi connectivity index (χ2n) is 5.99. The van der Waals surface area contributed by atoms with Gasteiger partial charge in [0.15, 0.2) is 5.76 Å². The number of carbonyl (C=O) groups is 1. The van der Waals surface area contributed by atoms with Gasteiger partial charge in [-0.25, -0.2) is 0 Å². The summed E-state index contributed by atoms with van der Waals surface area (Å²) in [5, 5.41) is 11.4. The van der Waals surface area contributed by atoms with Gasteiger partial charge in [-0.1, -0.05) is 18.2 Å². The molecule has 22 heavy (non-hydrogen) atoms. The summed E-state index contributed by atoms with van der Waals surface area (Å²) in [4.78, 5) is 12.0. The monoisotopic (exact) mass is 319 g/mol. The van der Waals surface area contributed by atoms with Crippen LogP contribution in [-0.4, -0.2) is 27.9 Å². The van der Waals surface area contributed by atoms with Gasteiger partial charge in [-0.15, -0.1) is 10.2 Å². The van der Waals surface area contributed by atoms with E-state index < -0.39 is 0 Å². The first-order valence-corrected chi connectivity index (χ1v) is 8.56. The van der Waals surface area contributed by atoms with E-state index in [0.29, 0.717) is 34.6 Å². The second-order valence-corrected chi connectivity index (χ2v) is 6.91. The standard InChI is InChI=1S/C15H17N3O3S/c19-13(16-11-7-9-3-4-10(11)6-9)8-22-15-18-17-14(21-15)12-2-1-5-20-12/h1-2,5,9-11H,3-4,6-8H2,(H,16,19)/t9-,10-,11-/m1/s1. The first-order valence-electron chi connectivity index (χ1n) is 7.57. The molecule has 0 aromatic carbocycles. The highest BCUT2D eigenvalue weighted by molar-refractivity contribution is 7.99. The van der Waals surface area contributed by atoms with Crippen molar-refractivity contribution in [1.29, 1.82) is 0 Å². The third-order valence-electron chi connectivity index (χ3n) is 4.55. The Balaban J connectivity index is 1.28. The summed E-state index contributed by atoms with van der Waals surface area (Å²) in [6, 6.07) is 3.88. The van der Waals surface area contributed by atoms with Crippen molar-refractivity contribution in [2.75, 3.05) is 5.75 Å². The zero-order chi connectivity index (χ0) is 14.9. The smallest absolute Gasteiger partial charge is 0.284 e. The lowest BCUT2D eigenvalue weighted by atomic mass is 9.95. The minimum Gasteiger partial charge on any atom is -0.459 e. The molecule has 2 fully saturated rings. The van der Waals surface area contributed by atoms with Crippen molar-refractivity contribution in [3.63, 3.8) is 0 Å². The summed E-state index contributed by atoms with van der Waals surface area (Å²) in [6.07, 6.45) is 6.58. The van der Waals surface area contributed by atoms with Gasteiger partial charge in [0, 0.05) is 6.04 Å². The maximum Gasteiger partial charge on any atom is 0.284 e. The fraction of sp³-hybridized carbons (Fsp3) is 0.533. The average molecular weight is 319 g/mol. The fourth-order valence-corrected chi connectivity index (χ4v) is 4.14. The number of hydrogen-bond acceptors (Lipinski definition) is 6. The minimum atomic E-state index is 0.0419. The van der Waals surface area contributed by atoms with Gasteiger partial charge in [-0.3, -0.25) is 4.79 Å². The Hall–Kier alpha value is -1.76. The number of thioether (sulfide) groups is 1. The van der Waals surface area contributed by atoms with E-state index >= 15 is 0 Å². The number of carbonyl (C=O) groups excluding carboxylic acids is 1. The molecule has 7 heteroatoms. The van der Waals surface area contributed by atoms with Crippen molar-refractivity contribution in [3.05, 3.63) is 18.4 Å². The van der Waals surface area contributed by atoms with Crippen LogP contribution in [0.15, 0.2) is 32.5 Å². The molecule has 2 saturated carbocycles. The molecule has 2 bridgehead atoms. The lowest BCUT2D eigenvalue weighted by Crippen LogP contribution is -2.39. The van der Waals surface area contributed by atoms with Crippen LogP contribution in [0.5, 0.6) is 0 Å². The van der Waals surface area contributed by atoms with Gasteiger partial charge in [0.1, 0.15) is 0 Å². The Bertz CT molecular complexity index is 655. The highest BCUT2D eigenvalue weighted by atomic mass is 32.2. The zero-order valence-electron chi connectivity index (χ0n) is 12.0. The van der Waals surface area contributed by atoms with Crippen LogP contribution in [0.4, 0.5) is 0 Å². The molecule has 0 spiro atoms. The van der Waals surface area contributed by atoms with Crippen LogP contribution < -0.4 is 5.32 Å². The van der Waals surface area contributed by atoms with Gasteiger partial charge >= 0.3 is 0 Å². The van der Waals surface area contributed by atoms with E-state index in [4.69, 9.17) is 8.83 Å². The fourth-order valence-electron chi connectivity index (χ4n) is 3.57. The molecule has 116 valence electrons. The summed E-state index contributed by atoms with van der Waals surface area (Å²) < 4.78 is 10.7. The number of amides is 1. The van der Waals surface area contributed by atoms with Gasteiger partial charge in [-0.05, 0) is 43.2 Å². The van der Waals surface area contributed by atoms with Crippen LogP contribution in [0.25, 0.3) is 11.7 Å². The Morgan fingerprint density at radius 2 is 2.32 bits per heavy atom. The van der Waals surface area contributed by atoms with Crippen LogP contribution in [-0.2, 0) is 4.79 Å². The Kier molecular flexibility index (Phi) is 3.65. The van der Waals surface area contributed by atoms with Crippen LogP contribution in [0, 0.1) is 11.8 Å². The molecule has 2 aromatic heterocycles. The third kappa shape index (κ3) is 2.77. The number of nitrogens with one attached hydrogen (secondary N) is 1. The molecule has 2 aliphatic rings. The molecular formula is C15H17N3O3S. The van der Waals surface area contributed by atoms with E-state index in [1.165, 1.54) is 31.0 Å². The van der Waals surface area contributed by atoms with E-state index in [-0.39, 0.29) is 5.91 Å². The molecule has 0 radical (unpaired) electrons. The summed E-state index contributed by atoms with van der Waals surface area (Å²) in [5.74, 6) is 2.72. The summed E-state index contributed by atoms with van der Waals surface area (Å²) >= 11 is 1.26. The Morgan fingerprint density at radius 1 is 1.36 bits per heavy atom. The van der Waals surface area contributed by atoms with Gasteiger partial charge in [-0.2, -0.15) is 0 Å². The highest BCUT2D eigenvalue weighted by Gasteiger charge is 2.40. The first kappa shape index (κ1) is 13.9. The molecule has 0 aliphatic heterocycles. The van der Waals surface area contributed by atoms with Crippen molar-refractivity contribution < 1.29 is 13.6 Å². The van der Waals surface area contributed by atoms with Gasteiger partial charge in [0.2, 0.25) is 5.91 Å². The molecule has 1 amide bonds. The number of aromatic nitrogens is 2. The van der Waals surface area contributed by atoms with E-state index in [1.54, 1.807) is 18.4 Å². The topological polar surface area (TPSA) is 81.2 Å². The molecule has 3 atom stereocenters. The van der Waals surface area contributed by atoms with E-state index in [0.717, 1.165) is 12.3 Å². The largest absolute Gasteiger partial charge is 0.459 e. The van der Waals surface area contributed by atoms with Crippen molar-refractivity contribution in [2.24, 2.45) is 11.8 Å². The Morgan fingerprint density at radius 3 is 3.05 bits per heavy atom. The number of nitrogens with zero attached hydrogens (tertiary/aromatic N) is 2. The predicted octanol–water partition coefficient (Wildman–Crippen LogP) is 2.73. The lowest BCUT2D eigenvalue weighted by Gasteiger charge is -2.22. The summed E-state index contributed by atoms with van der Waals surface area (Å²) in [5.41, 5.74) is 0. The molecule has 1 N–H and O–H groups in total. The predicted molar refractivity (Wildman–Crippen MR) is 80.1 cm³/mol. The number of hydrogen-bond donors (Lipinski definition) is 1. The van der Waals surface area contributed by atoms with E-state index in [1.807, 2.05) is 0 Å². The summed E-state index contributed by atoms with van der Waals surface area (Å²) in [6.45, 7) is 0. The number of rotatable bonds is 5. The maximum absolute atomic E-state index is 12.0. The molecule has 6 nitrogen and oxygen atoms in total. The van der Waals surface area contributed by atoms with Gasteiger partial charge < -0.3 is 14.2 Å². The van der Waals surface area contributed by atoms with E-state index in [9.17, 15) is 4.79 Å². The van der Waals surface area contributed by atoms with Gasteiger partial charge in [0.25, 0.3) is 11.1 Å². The molecule has 2 heterocycles. The summed E-state index contributed by atoms with van der Waals surface area (Å²) in [7, 11) is 0. The van der Waals surface area contributed by atoms with Crippen molar-refractivity contribution in [2.45, 2.75) is 36.9 Å². The van der Waals surface area contributed by atoms with Crippen LogP contribution in [0.3, 0.4) is 0 Å². The van der Waals surface area contributed by atoms with Crippen molar-refractivity contribution >= 4 is 17.7 Å². The quantitative estimate of drug-likeness (QED) is 0.853.